The molecule has 5 N–H and O–H groups in total. The average Bonchev–Trinajstić information content (AvgIpc) is 0.807. The summed E-state index contributed by atoms with van der Waals surface area (Å²) in [6.45, 7) is 19.8. The standard InChI is InChI=1S/C20H17NO4.C19H15NO3.C18H12ClNO3.C18H12N2O5.C14H13NO3/c1-13-19(23)18-10-15(7-8-17(18)20(24)21-13)9-16(22)12-25-11-14-5-3-2-4-6-14;1-12-18(22)17-11-14(7-8-16(17)19(23)20-12)10-15(21)9-13-5-3-2-4-6-13;1-10-17(22)14-8-11(6-7-12(14)18(23)20-10)9-16(21)13-4-2-3-5-15(13)19;1-10-17(22)15-8-11(2-7-14(15)18(23)19-10)9-16(21)12-3-5-13(6-4-12)20(24)25;1-3-10(16)6-9-4-5-11-12(7-9)13(17)8(2)15-14(11)18/h2-8,10H,1,9,11-12H2,(H,21,24);2-8,11H,1,9-10H2,(H,20,23);2-8H,1,9H2,(H,20,23);2-8H,1,9H2,(H,19,23);4-5,7H,2-3,6H2,1H3,(H,15,18). The Hall–Kier alpha value is -14.6. The number of ether oxygens (including phenoxy) is 1. The third-order valence-electron chi connectivity index (χ3n) is 18.1. The van der Waals surface area contributed by atoms with Crippen LogP contribution in [0.25, 0.3) is 0 Å². The van der Waals surface area contributed by atoms with Gasteiger partial charge in [0.05, 0.1) is 72.9 Å². The number of nitrogens with zero attached hydrogens (tertiary/aromatic N) is 1. The predicted octanol–water partition coefficient (Wildman–Crippen LogP) is 12.2. The summed E-state index contributed by atoms with van der Waals surface area (Å²) in [5.74, 6) is -3.81. The second kappa shape index (κ2) is 36.7. The van der Waals surface area contributed by atoms with Gasteiger partial charge in [-0.2, -0.15) is 0 Å². The number of nitro benzene ring substituents is 1. The molecule has 5 aliphatic rings. The second-order valence-electron chi connectivity index (χ2n) is 26.3. The van der Waals surface area contributed by atoms with Crippen LogP contribution in [0.2, 0.25) is 5.02 Å². The minimum Gasteiger partial charge on any atom is -0.369 e. The zero-order chi connectivity index (χ0) is 82.2. The molecular weight excluding hydrogens is 1480 g/mol. The molecule has 570 valence electrons. The van der Waals surface area contributed by atoms with Crippen LogP contribution in [0.4, 0.5) is 5.69 Å². The summed E-state index contributed by atoms with van der Waals surface area (Å²) >= 11 is 6.02. The van der Waals surface area contributed by atoms with Crippen LogP contribution in [-0.4, -0.2) is 98.9 Å². The summed E-state index contributed by atoms with van der Waals surface area (Å²) in [5.41, 5.74) is 9.07. The van der Waals surface area contributed by atoms with Crippen molar-refractivity contribution < 1.29 is 81.6 Å². The zero-order valence-corrected chi connectivity index (χ0v) is 61.9. The first kappa shape index (κ1) is 81.9. The van der Waals surface area contributed by atoms with Crippen LogP contribution in [0.1, 0.15) is 177 Å². The van der Waals surface area contributed by atoms with Crippen molar-refractivity contribution in [1.82, 2.24) is 26.6 Å². The number of amides is 5. The number of halogens is 1. The van der Waals surface area contributed by atoms with Crippen molar-refractivity contribution in [1.29, 1.82) is 0 Å². The lowest BCUT2D eigenvalue weighted by molar-refractivity contribution is -0.384. The van der Waals surface area contributed by atoms with Gasteiger partial charge in [0.25, 0.3) is 35.2 Å². The number of carbonyl (C=O) groups excluding carboxylic acids is 15. The molecule has 9 aromatic carbocycles. The third kappa shape index (κ3) is 20.2. The van der Waals surface area contributed by atoms with E-state index in [9.17, 15) is 82.0 Å². The summed E-state index contributed by atoms with van der Waals surface area (Å²) in [5, 5.41) is 23.1. The monoisotopic (exact) mass is 1540 g/mol. The molecule has 0 saturated heterocycles. The quantitative estimate of drug-likeness (QED) is 0.0205. The molecular formula is C89H69ClN6O18. The number of benzene rings is 9. The van der Waals surface area contributed by atoms with Crippen molar-refractivity contribution in [3.63, 3.8) is 0 Å². The number of allylic oxidation sites excluding steroid dienone is 5. The van der Waals surface area contributed by atoms with Crippen molar-refractivity contribution in [2.45, 2.75) is 58.5 Å². The van der Waals surface area contributed by atoms with Crippen molar-refractivity contribution in [2.75, 3.05) is 6.61 Å². The molecule has 0 fully saturated rings. The lowest BCUT2D eigenvalue weighted by Gasteiger charge is -2.17. The van der Waals surface area contributed by atoms with E-state index in [2.05, 4.69) is 59.5 Å². The maximum atomic E-state index is 12.3. The highest BCUT2D eigenvalue weighted by atomic mass is 35.5. The number of hydrogen-bond acceptors (Lipinski definition) is 18. The van der Waals surface area contributed by atoms with E-state index in [1.165, 1.54) is 36.4 Å². The minimum atomic E-state index is -0.540. The van der Waals surface area contributed by atoms with E-state index >= 15 is 0 Å². The number of nitrogens with one attached hydrogen (secondary N) is 5. The molecule has 0 bridgehead atoms. The molecule has 0 unspecified atom stereocenters. The summed E-state index contributed by atoms with van der Waals surface area (Å²) < 4.78 is 5.43. The Bertz CT molecular complexity index is 5660. The molecule has 5 amide bonds. The summed E-state index contributed by atoms with van der Waals surface area (Å²) in [7, 11) is 0. The lowest BCUT2D eigenvalue weighted by atomic mass is 9.93. The molecule has 5 heterocycles. The maximum Gasteiger partial charge on any atom is 0.269 e. The van der Waals surface area contributed by atoms with Gasteiger partial charge < -0.3 is 31.3 Å². The Balaban J connectivity index is 0.000000151. The van der Waals surface area contributed by atoms with E-state index in [1.807, 2.05) is 60.7 Å². The Morgan fingerprint density at radius 2 is 0.658 bits per heavy atom. The second-order valence-corrected chi connectivity index (χ2v) is 26.7. The molecule has 0 aliphatic carbocycles. The number of Topliss-reactive ketones (excluding diaryl/α,β-unsaturated/α-hetero) is 10. The fraction of sp³-hybridized carbons (Fsp3) is 0.112. The van der Waals surface area contributed by atoms with Gasteiger partial charge in [0, 0.05) is 96.0 Å². The number of fused-ring (bicyclic) bond motifs is 5. The number of rotatable bonds is 20. The normalized spacial score (nSPS) is 13.5. The zero-order valence-electron chi connectivity index (χ0n) is 61.1. The predicted molar refractivity (Wildman–Crippen MR) is 420 cm³/mol. The first-order valence-corrected chi connectivity index (χ1v) is 35.5. The first-order chi connectivity index (χ1) is 54.4. The maximum absolute atomic E-state index is 12.3. The van der Waals surface area contributed by atoms with Crippen LogP contribution in [0.5, 0.6) is 0 Å². The highest BCUT2D eigenvalue weighted by Crippen LogP contribution is 2.28. The van der Waals surface area contributed by atoms with E-state index in [1.54, 1.807) is 110 Å². The van der Waals surface area contributed by atoms with Gasteiger partial charge in [0.15, 0.2) is 17.3 Å². The summed E-state index contributed by atoms with van der Waals surface area (Å²) in [4.78, 5) is 190. The molecule has 0 radical (unpaired) electrons. The fourth-order valence-electron chi connectivity index (χ4n) is 12.2. The molecule has 0 atom stereocenters. The SMILES string of the molecule is C=C1NC(=O)c2ccc(CC(=O)CC)cc2C1=O.C=C1NC(=O)c2ccc(CC(=O)COCc3ccccc3)cc2C1=O.C=C1NC(=O)c2ccc(CC(=O)Cc3ccccc3)cc2C1=O.C=C1NC(=O)c2ccc(CC(=O)c3ccc([N+](=O)[O-])cc3)cc2C1=O.C=C1NC(=O)c2ccc(CC(=O)c3ccccc3Cl)cc2C1=O. The van der Waals surface area contributed by atoms with E-state index in [-0.39, 0.29) is 182 Å². The van der Waals surface area contributed by atoms with Gasteiger partial charge in [-0.1, -0.05) is 155 Å². The Morgan fingerprint density at radius 3 is 1.01 bits per heavy atom. The van der Waals surface area contributed by atoms with Crippen molar-refractivity contribution in [2.24, 2.45) is 0 Å². The Morgan fingerprint density at radius 1 is 0.351 bits per heavy atom. The molecule has 114 heavy (non-hydrogen) atoms. The molecule has 14 rings (SSSR count). The number of carbonyl (C=O) groups is 15. The summed E-state index contributed by atoms with van der Waals surface area (Å²) in [6, 6.07) is 55.2. The van der Waals surface area contributed by atoms with Crippen molar-refractivity contribution in [3.8, 4) is 0 Å². The largest absolute Gasteiger partial charge is 0.369 e. The van der Waals surface area contributed by atoms with Gasteiger partial charge in [-0.05, 0) is 124 Å². The van der Waals surface area contributed by atoms with Crippen LogP contribution in [-0.2, 0) is 64.3 Å². The topological polar surface area (TPSA) is 369 Å². The van der Waals surface area contributed by atoms with Gasteiger partial charge in [0.2, 0.25) is 28.9 Å². The highest BCUT2D eigenvalue weighted by Gasteiger charge is 2.32. The Kier molecular flexibility index (Phi) is 26.4. The van der Waals surface area contributed by atoms with E-state index in [4.69, 9.17) is 16.3 Å². The molecule has 0 saturated carbocycles. The summed E-state index contributed by atoms with van der Waals surface area (Å²) in [6.07, 6.45) is 1.56. The number of ketones is 10. The van der Waals surface area contributed by atoms with Crippen LogP contribution in [0, 0.1) is 10.1 Å². The van der Waals surface area contributed by atoms with Crippen LogP contribution in [0.3, 0.4) is 0 Å². The van der Waals surface area contributed by atoms with Gasteiger partial charge in [-0.15, -0.1) is 0 Å². The van der Waals surface area contributed by atoms with E-state index in [0.29, 0.717) is 80.1 Å². The van der Waals surface area contributed by atoms with Crippen LogP contribution >= 0.6 is 11.6 Å². The van der Waals surface area contributed by atoms with Crippen molar-refractivity contribution >= 4 is 105 Å². The van der Waals surface area contributed by atoms with Crippen LogP contribution in [0.15, 0.2) is 262 Å². The lowest BCUT2D eigenvalue weighted by Crippen LogP contribution is -2.34. The highest BCUT2D eigenvalue weighted by molar-refractivity contribution is 6.34. The van der Waals surface area contributed by atoms with Gasteiger partial charge >= 0.3 is 0 Å². The first-order valence-electron chi connectivity index (χ1n) is 35.1. The smallest absolute Gasteiger partial charge is 0.269 e. The molecule has 0 aromatic heterocycles. The number of hydrogen-bond donors (Lipinski definition) is 5. The van der Waals surface area contributed by atoms with Crippen molar-refractivity contribution in [3.05, 3.63) is 382 Å². The van der Waals surface area contributed by atoms with Crippen LogP contribution < -0.4 is 26.6 Å². The van der Waals surface area contributed by atoms with Gasteiger partial charge in [-0.3, -0.25) is 82.0 Å². The molecule has 5 aliphatic heterocycles. The number of non-ortho nitro benzene ring substituents is 1. The molecule has 25 heteroatoms. The molecule has 24 nitrogen and oxygen atoms in total. The molecule has 9 aromatic rings. The van der Waals surface area contributed by atoms with Gasteiger partial charge in [0.1, 0.15) is 18.2 Å². The van der Waals surface area contributed by atoms with E-state index in [0.717, 1.165) is 22.3 Å². The Labute approximate surface area is 656 Å². The fourth-order valence-corrected chi connectivity index (χ4v) is 12.4. The average molecular weight is 1550 g/mol. The number of nitro groups is 1. The third-order valence-corrected chi connectivity index (χ3v) is 18.4. The van der Waals surface area contributed by atoms with Gasteiger partial charge in [-0.25, -0.2) is 0 Å². The molecule has 0 spiro atoms. The van der Waals surface area contributed by atoms with E-state index < -0.39 is 10.8 Å². The minimum absolute atomic E-state index is 0.00338.